The van der Waals surface area contributed by atoms with E-state index in [1.165, 1.54) is 7.11 Å². The first-order chi connectivity index (χ1) is 12.3. The maximum absolute atomic E-state index is 12.7. The molecule has 0 saturated carbocycles. The van der Waals surface area contributed by atoms with Crippen molar-refractivity contribution in [1.29, 1.82) is 0 Å². The second-order valence-corrected chi connectivity index (χ2v) is 6.94. The van der Waals surface area contributed by atoms with Crippen molar-refractivity contribution in [3.8, 4) is 11.5 Å². The summed E-state index contributed by atoms with van der Waals surface area (Å²) < 4.78 is 10.8. The molecule has 2 rings (SSSR count). The molecule has 0 bridgehead atoms. The molecule has 1 heterocycles. The van der Waals surface area contributed by atoms with E-state index in [4.69, 9.17) is 9.47 Å². The fraction of sp³-hybridized carbons (Fsp3) is 0.444. The highest BCUT2D eigenvalue weighted by Crippen LogP contribution is 2.42. The lowest BCUT2D eigenvalue weighted by atomic mass is 9.93. The number of esters is 1. The molecule has 1 aromatic rings. The van der Waals surface area contributed by atoms with Crippen molar-refractivity contribution in [2.75, 3.05) is 7.11 Å². The van der Waals surface area contributed by atoms with Crippen molar-refractivity contribution in [3.63, 3.8) is 0 Å². The van der Waals surface area contributed by atoms with Gasteiger partial charge in [-0.1, -0.05) is 19.4 Å². The number of aromatic hydroxyl groups is 1. The van der Waals surface area contributed by atoms with Crippen LogP contribution in [0.4, 0.5) is 4.79 Å². The van der Waals surface area contributed by atoms with Crippen LogP contribution in [0.1, 0.15) is 45.2 Å². The van der Waals surface area contributed by atoms with Gasteiger partial charge >= 0.3 is 12.0 Å². The van der Waals surface area contributed by atoms with Crippen molar-refractivity contribution < 1.29 is 24.2 Å². The summed E-state index contributed by atoms with van der Waals surface area (Å²) in [7, 11) is 1.44. The van der Waals surface area contributed by atoms with E-state index in [9.17, 15) is 14.7 Å². The molecule has 26 heavy (non-hydrogen) atoms. The van der Waals surface area contributed by atoms with Crippen LogP contribution >= 0.6 is 15.9 Å². The van der Waals surface area contributed by atoms with Gasteiger partial charge in [0.15, 0.2) is 11.5 Å². The molecule has 142 valence electrons. The number of hydrogen-bond donors (Lipinski definition) is 3. The molecule has 1 atom stereocenters. The lowest BCUT2D eigenvalue weighted by Gasteiger charge is -2.30. The highest BCUT2D eigenvalue weighted by atomic mass is 79.9. The van der Waals surface area contributed by atoms with Gasteiger partial charge in [-0.05, 0) is 47.8 Å². The van der Waals surface area contributed by atoms with Crippen LogP contribution in [0.2, 0.25) is 0 Å². The largest absolute Gasteiger partial charge is 0.503 e. The Kier molecular flexibility index (Phi) is 6.52. The molecule has 2 amide bonds. The maximum atomic E-state index is 12.7. The Morgan fingerprint density at radius 3 is 2.65 bits per heavy atom. The van der Waals surface area contributed by atoms with Crippen molar-refractivity contribution >= 4 is 27.9 Å². The standard InChI is InChI=1S/C18H23BrN2O5/c1-5-6-11-13(17(23)26-9(2)3)15(21-18(24)20-11)10-7-8-12(25-4)16(22)14(10)19/h7-9,15,22H,5-6H2,1-4H3,(H2,20,21,24). The molecule has 1 aromatic carbocycles. The third-order valence-corrected chi connectivity index (χ3v) is 4.69. The molecule has 0 fully saturated rings. The van der Waals surface area contributed by atoms with Gasteiger partial charge in [0.05, 0.1) is 29.3 Å². The zero-order valence-corrected chi connectivity index (χ0v) is 16.8. The fourth-order valence-electron chi connectivity index (χ4n) is 2.77. The molecule has 0 radical (unpaired) electrons. The lowest BCUT2D eigenvalue weighted by molar-refractivity contribution is -0.143. The fourth-order valence-corrected chi connectivity index (χ4v) is 3.32. The Hall–Kier alpha value is -2.22. The van der Waals surface area contributed by atoms with E-state index in [2.05, 4.69) is 26.6 Å². The number of hydrogen-bond acceptors (Lipinski definition) is 5. The molecule has 0 aromatic heterocycles. The Morgan fingerprint density at radius 1 is 1.38 bits per heavy atom. The summed E-state index contributed by atoms with van der Waals surface area (Å²) in [5.41, 5.74) is 1.38. The summed E-state index contributed by atoms with van der Waals surface area (Å²) in [5.74, 6) is -0.334. The summed E-state index contributed by atoms with van der Waals surface area (Å²) in [6.45, 7) is 5.48. The minimum absolute atomic E-state index is 0.105. The zero-order chi connectivity index (χ0) is 19.4. The van der Waals surface area contributed by atoms with Gasteiger partial charge in [0.25, 0.3) is 0 Å². The number of ether oxygens (including phenoxy) is 2. The van der Waals surface area contributed by atoms with Crippen LogP contribution in [0.15, 0.2) is 27.9 Å². The molecule has 1 aliphatic heterocycles. The number of carbonyl (C=O) groups is 2. The highest BCUT2D eigenvalue weighted by molar-refractivity contribution is 9.10. The first-order valence-electron chi connectivity index (χ1n) is 8.37. The number of allylic oxidation sites excluding steroid dienone is 1. The van der Waals surface area contributed by atoms with E-state index in [-0.39, 0.29) is 17.6 Å². The summed E-state index contributed by atoms with van der Waals surface area (Å²) in [6.07, 6.45) is 0.964. The molecule has 1 unspecified atom stereocenters. The summed E-state index contributed by atoms with van der Waals surface area (Å²) in [6, 6.07) is 2.09. The molecule has 7 nitrogen and oxygen atoms in total. The second kappa shape index (κ2) is 8.44. The molecule has 0 aliphatic carbocycles. The first-order valence-corrected chi connectivity index (χ1v) is 9.16. The van der Waals surface area contributed by atoms with Gasteiger partial charge in [-0.15, -0.1) is 0 Å². The van der Waals surface area contributed by atoms with Crippen molar-refractivity contribution in [3.05, 3.63) is 33.4 Å². The molecular weight excluding hydrogens is 404 g/mol. The Labute approximate surface area is 160 Å². The van der Waals surface area contributed by atoms with Gasteiger partial charge in [-0.25, -0.2) is 9.59 Å². The third kappa shape index (κ3) is 4.12. The number of methoxy groups -OCH3 is 1. The maximum Gasteiger partial charge on any atom is 0.338 e. The van der Waals surface area contributed by atoms with Crippen LogP contribution in [0.3, 0.4) is 0 Å². The number of nitrogens with one attached hydrogen (secondary N) is 2. The van der Waals surface area contributed by atoms with E-state index in [0.717, 1.165) is 6.42 Å². The van der Waals surface area contributed by atoms with Crippen molar-refractivity contribution in [1.82, 2.24) is 10.6 Å². The van der Waals surface area contributed by atoms with Crippen molar-refractivity contribution in [2.24, 2.45) is 0 Å². The van der Waals surface area contributed by atoms with Crippen LogP contribution < -0.4 is 15.4 Å². The number of benzene rings is 1. The number of phenolic OH excluding ortho intramolecular Hbond substituents is 1. The molecule has 0 saturated heterocycles. The van der Waals surface area contributed by atoms with Gasteiger partial charge in [-0.2, -0.15) is 0 Å². The Balaban J connectivity index is 2.59. The lowest BCUT2D eigenvalue weighted by Crippen LogP contribution is -2.46. The third-order valence-electron chi connectivity index (χ3n) is 3.86. The minimum Gasteiger partial charge on any atom is -0.503 e. The molecular formula is C18H23BrN2O5. The molecule has 1 aliphatic rings. The van der Waals surface area contributed by atoms with E-state index in [1.54, 1.807) is 26.0 Å². The normalized spacial score (nSPS) is 17.0. The first kappa shape index (κ1) is 20.1. The van der Waals surface area contributed by atoms with Gasteiger partial charge in [-0.3, -0.25) is 0 Å². The van der Waals surface area contributed by atoms with E-state index < -0.39 is 18.0 Å². The minimum atomic E-state index is -0.761. The highest BCUT2D eigenvalue weighted by Gasteiger charge is 2.35. The quantitative estimate of drug-likeness (QED) is 0.604. The number of amides is 2. The van der Waals surface area contributed by atoms with Gasteiger partial charge < -0.3 is 25.2 Å². The Morgan fingerprint density at radius 2 is 2.08 bits per heavy atom. The average Bonchev–Trinajstić information content (AvgIpc) is 2.56. The number of halogens is 1. The summed E-state index contributed by atoms with van der Waals surface area (Å²) >= 11 is 3.34. The predicted molar refractivity (Wildman–Crippen MR) is 99.9 cm³/mol. The van der Waals surface area contributed by atoms with Crippen molar-refractivity contribution in [2.45, 2.75) is 45.8 Å². The monoisotopic (exact) mass is 426 g/mol. The average molecular weight is 427 g/mol. The zero-order valence-electron chi connectivity index (χ0n) is 15.2. The number of rotatable bonds is 6. The van der Waals surface area contributed by atoms with Gasteiger partial charge in [0, 0.05) is 5.70 Å². The van der Waals surface area contributed by atoms with E-state index >= 15 is 0 Å². The number of phenols is 1. The second-order valence-electron chi connectivity index (χ2n) is 6.15. The van der Waals surface area contributed by atoms with Crippen LogP contribution in [0.5, 0.6) is 11.5 Å². The van der Waals surface area contributed by atoms with E-state index in [0.29, 0.717) is 27.7 Å². The van der Waals surface area contributed by atoms with Gasteiger partial charge in [0.1, 0.15) is 0 Å². The van der Waals surface area contributed by atoms with Crippen LogP contribution in [0.25, 0.3) is 0 Å². The summed E-state index contributed by atoms with van der Waals surface area (Å²) in [4.78, 5) is 24.9. The van der Waals surface area contributed by atoms with Gasteiger partial charge in [0.2, 0.25) is 0 Å². The topological polar surface area (TPSA) is 96.9 Å². The Bertz CT molecular complexity index is 745. The summed E-state index contributed by atoms with van der Waals surface area (Å²) in [5, 5.41) is 15.7. The number of carbonyl (C=O) groups excluding carboxylic acids is 2. The molecule has 3 N–H and O–H groups in total. The molecule has 0 spiro atoms. The number of urea groups is 1. The predicted octanol–water partition coefficient (Wildman–Crippen LogP) is 3.52. The SMILES string of the molecule is CCCC1=C(C(=O)OC(C)C)C(c2ccc(OC)c(O)c2Br)NC(=O)N1. The molecule has 8 heteroatoms. The van der Waals surface area contributed by atoms with E-state index in [1.807, 2.05) is 6.92 Å². The van der Waals surface area contributed by atoms with Crippen LogP contribution in [-0.2, 0) is 9.53 Å². The van der Waals surface area contributed by atoms with Crippen LogP contribution in [-0.4, -0.2) is 30.3 Å². The smallest absolute Gasteiger partial charge is 0.338 e. The van der Waals surface area contributed by atoms with Crippen LogP contribution in [0, 0.1) is 0 Å².